The van der Waals surface area contributed by atoms with Crippen LogP contribution in [0, 0.1) is 34.6 Å². The quantitative estimate of drug-likeness (QED) is 0.140. The number of hydrogen-bond donors (Lipinski definition) is 0. The minimum Gasteiger partial charge on any atom is -0.455 e. The minimum absolute atomic E-state index is 0.444. The SMILES string of the molecule is Cc1ccc2c(oc3ccccc32)c1-c1n(C)c2ccccc2[n+]1C.Cc1ccc2c(oc3ccccc32)c1-c1n(C)cc[n+]1C.Cc1ccc2c(oc3ncccc32)c1-c1n(C)c2ccccc2[n+]1C.Cc1ccc2c(oc3ncccc32)c1-c1n(C)cc[n+]1C.Cc1ccccc1-c1n(-c2c(C(C)C)cccc2C(C)C)c2ccccc2[n+]1C. The van der Waals surface area contributed by atoms with Gasteiger partial charge in [-0.1, -0.05) is 185 Å². The number of pyridine rings is 2. The van der Waals surface area contributed by atoms with Crippen LogP contribution < -0.4 is 22.8 Å². The number of furan rings is 4. The predicted molar refractivity (Wildman–Crippen MR) is 490 cm³/mol. The van der Waals surface area contributed by atoms with Gasteiger partial charge < -0.3 is 17.7 Å². The number of imidazole rings is 5. The lowest BCUT2D eigenvalue weighted by molar-refractivity contribution is -0.659. The molecule has 11 aromatic heterocycles. The fourth-order valence-corrected chi connectivity index (χ4v) is 18.4. The number of aromatic nitrogens is 12. The van der Waals surface area contributed by atoms with Crippen molar-refractivity contribution in [3.63, 3.8) is 0 Å². The van der Waals surface area contributed by atoms with Crippen molar-refractivity contribution in [3.05, 3.63) is 313 Å². The fourth-order valence-electron chi connectivity index (χ4n) is 18.4. The lowest BCUT2D eigenvalue weighted by Gasteiger charge is -2.18. The van der Waals surface area contributed by atoms with E-state index >= 15 is 0 Å². The summed E-state index contributed by atoms with van der Waals surface area (Å²) in [7, 11) is 18.9. The van der Waals surface area contributed by atoms with E-state index in [4.69, 9.17) is 17.7 Å². The first kappa shape index (κ1) is 78.0. The highest BCUT2D eigenvalue weighted by molar-refractivity contribution is 6.12. The molecule has 0 aliphatic carbocycles. The first-order valence-corrected chi connectivity index (χ1v) is 41.5. The van der Waals surface area contributed by atoms with Crippen LogP contribution in [0.25, 0.3) is 184 Å². The smallest absolute Gasteiger partial charge is 0.295 e. The van der Waals surface area contributed by atoms with E-state index in [1.165, 1.54) is 116 Å². The molecular formula is C105H101N12O4+5. The van der Waals surface area contributed by atoms with Gasteiger partial charge in [-0.25, -0.2) is 51.1 Å². The van der Waals surface area contributed by atoms with Gasteiger partial charge in [0.05, 0.1) is 69.0 Å². The standard InChI is InChI=1S/C27H31N2.C22H19N2O.C21H18N3O.C18H17N2O.C17H16N3O/c1-18(2)21-14-11-15-22(19(3)4)26(21)29-25-17-10-9-16-24(25)28(6)27(29)23-13-8-7-12-20(23)5;1-14-12-13-16-15-8-4-7-11-19(15)25-21(16)20(14)22-23(2)17-9-5-6-10-18(17)24(22)3;1-13-10-11-14-15-7-6-12-22-20(15)25-19(14)18(13)21-23(2)16-8-4-5-9-17(16)24(21)3;1-12-8-9-14-13-6-4-5-7-15(13)21-17(14)16(12)18-19(2)10-11-20(18)3;1-11-6-7-12-13-5-4-8-18-16(13)21-15(12)14(11)17-19(2)9-10-20(17)3/h7-19H,1-6H3;4-13H,1-3H3;4-12H,1-3H3;4-11H,1-3H3;4-10H,1-3H3/q5*+1. The number of nitrogens with zero attached hydrogens (tertiary/aromatic N) is 12. The molecule has 0 aliphatic heterocycles. The van der Waals surface area contributed by atoms with Gasteiger partial charge in [-0.05, 0) is 153 Å². The average Bonchev–Trinajstić information content (AvgIpc) is 1.62. The molecule has 22 rings (SSSR count). The van der Waals surface area contributed by atoms with Gasteiger partial charge in [0.2, 0.25) is 11.4 Å². The Morgan fingerprint density at radius 2 is 0.653 bits per heavy atom. The lowest BCUT2D eigenvalue weighted by Crippen LogP contribution is -2.30. The molecule has 0 N–H and O–H groups in total. The Kier molecular flexibility index (Phi) is 20.1. The molecule has 0 radical (unpaired) electrons. The van der Waals surface area contributed by atoms with Gasteiger partial charge in [-0.3, -0.25) is 0 Å². The molecule has 0 atom stereocenters. The van der Waals surface area contributed by atoms with Crippen molar-refractivity contribution in [2.24, 2.45) is 63.4 Å². The number of fused-ring (bicyclic) bond motifs is 15. The zero-order chi connectivity index (χ0) is 84.1. The van der Waals surface area contributed by atoms with E-state index in [0.29, 0.717) is 23.3 Å². The maximum Gasteiger partial charge on any atom is 0.295 e. The van der Waals surface area contributed by atoms with Gasteiger partial charge in [-0.2, -0.15) is 4.57 Å². The predicted octanol–water partition coefficient (Wildman–Crippen LogP) is 22.7. The van der Waals surface area contributed by atoms with E-state index in [1.807, 2.05) is 36.4 Å². The van der Waals surface area contributed by atoms with Crippen molar-refractivity contribution < 1.29 is 40.5 Å². The monoisotopic (exact) mass is 1590 g/mol. The zero-order valence-electron chi connectivity index (χ0n) is 72.1. The largest absolute Gasteiger partial charge is 0.455 e. The first-order chi connectivity index (χ1) is 58.6. The maximum absolute atomic E-state index is 6.30. The minimum atomic E-state index is 0.444. The van der Waals surface area contributed by atoms with Crippen molar-refractivity contribution in [3.8, 4) is 62.6 Å². The summed E-state index contributed by atoms with van der Waals surface area (Å²) in [6.07, 6.45) is 11.8. The molecule has 16 nitrogen and oxygen atoms in total. The third-order valence-corrected chi connectivity index (χ3v) is 24.5. The zero-order valence-corrected chi connectivity index (χ0v) is 72.1. The molecule has 11 heterocycles. The van der Waals surface area contributed by atoms with E-state index in [1.54, 1.807) is 12.4 Å². The van der Waals surface area contributed by atoms with Crippen LogP contribution in [-0.2, 0) is 63.4 Å². The summed E-state index contributed by atoms with van der Waals surface area (Å²) in [4.78, 5) is 8.73. The molecule has 0 amide bonds. The van der Waals surface area contributed by atoms with Gasteiger partial charge in [0, 0.05) is 66.6 Å². The number of aryl methyl sites for hydroxylation is 14. The van der Waals surface area contributed by atoms with Crippen LogP contribution in [0.4, 0.5) is 0 Å². The highest BCUT2D eigenvalue weighted by atomic mass is 16.3. The Hall–Kier alpha value is -14.3. The van der Waals surface area contributed by atoms with Gasteiger partial charge in [0.1, 0.15) is 63.9 Å². The van der Waals surface area contributed by atoms with E-state index in [9.17, 15) is 0 Å². The first-order valence-electron chi connectivity index (χ1n) is 41.5. The molecule has 121 heavy (non-hydrogen) atoms. The maximum atomic E-state index is 6.30. The van der Waals surface area contributed by atoms with Gasteiger partial charge >= 0.3 is 0 Å². The number of rotatable bonds is 8. The van der Waals surface area contributed by atoms with Crippen LogP contribution in [0.5, 0.6) is 0 Å². The van der Waals surface area contributed by atoms with Gasteiger partial charge in [-0.15, -0.1) is 0 Å². The number of hydrogen-bond acceptors (Lipinski definition) is 6. The molecule has 0 unspecified atom stereocenters. The molecule has 0 spiro atoms. The molecular weight excluding hydrogens is 1490 g/mol. The molecule has 22 aromatic rings. The summed E-state index contributed by atoms with van der Waals surface area (Å²) in [5.41, 5.74) is 30.4. The molecule has 0 saturated heterocycles. The third-order valence-electron chi connectivity index (χ3n) is 24.5. The fraction of sp³-hybridized carbons (Fsp3) is 0.190. The third kappa shape index (κ3) is 13.2. The van der Waals surface area contributed by atoms with Crippen molar-refractivity contribution in [1.82, 2.24) is 32.8 Å². The van der Waals surface area contributed by atoms with Crippen LogP contribution in [0.15, 0.2) is 291 Å². The number of para-hydroxylation sites is 9. The van der Waals surface area contributed by atoms with E-state index < -0.39 is 0 Å². The van der Waals surface area contributed by atoms with Crippen molar-refractivity contribution >= 4 is 121 Å². The van der Waals surface area contributed by atoms with Gasteiger partial charge in [0.25, 0.3) is 29.1 Å². The lowest BCUT2D eigenvalue weighted by atomic mass is 9.92. The van der Waals surface area contributed by atoms with Crippen LogP contribution in [0.2, 0.25) is 0 Å². The van der Waals surface area contributed by atoms with E-state index in [2.05, 4.69) is 406 Å². The molecule has 600 valence electrons. The van der Waals surface area contributed by atoms with E-state index in [0.717, 1.165) is 95.0 Å². The highest BCUT2D eigenvalue weighted by Crippen LogP contribution is 2.43. The molecule has 11 aromatic carbocycles. The summed E-state index contributed by atoms with van der Waals surface area (Å²) < 4.78 is 47.0. The summed E-state index contributed by atoms with van der Waals surface area (Å²) in [5.74, 6) is 6.68. The highest BCUT2D eigenvalue weighted by Gasteiger charge is 2.34. The Morgan fingerprint density at radius 3 is 1.06 bits per heavy atom. The van der Waals surface area contributed by atoms with E-state index in [-0.39, 0.29) is 0 Å². The average molecular weight is 1600 g/mol. The molecule has 0 bridgehead atoms. The van der Waals surface area contributed by atoms with Crippen LogP contribution in [-0.4, -0.2) is 32.8 Å². The summed E-state index contributed by atoms with van der Waals surface area (Å²) in [5, 5.41) is 9.01. The van der Waals surface area contributed by atoms with Crippen molar-refractivity contribution in [1.29, 1.82) is 0 Å². The Labute approximate surface area is 703 Å². The topological polar surface area (TPSA) is 122 Å². The second-order valence-electron chi connectivity index (χ2n) is 32.8. The molecule has 0 fully saturated rings. The molecule has 0 aliphatic rings. The van der Waals surface area contributed by atoms with Crippen LogP contribution >= 0.6 is 0 Å². The normalized spacial score (nSPS) is 11.7. The van der Waals surface area contributed by atoms with Crippen LogP contribution in [0.3, 0.4) is 0 Å². The van der Waals surface area contributed by atoms with Crippen molar-refractivity contribution in [2.45, 2.75) is 74.1 Å². The second kappa shape index (κ2) is 31.2. The Bertz CT molecular complexity index is 7300. The van der Waals surface area contributed by atoms with Crippen LogP contribution in [0.1, 0.15) is 78.5 Å². The summed E-state index contributed by atoms with van der Waals surface area (Å²) in [6.45, 7) is 19.9. The summed E-state index contributed by atoms with van der Waals surface area (Å²) >= 11 is 0. The Morgan fingerprint density at radius 1 is 0.306 bits per heavy atom. The molecule has 16 heteroatoms. The van der Waals surface area contributed by atoms with Gasteiger partial charge in [0.15, 0.2) is 55.4 Å². The second-order valence-corrected chi connectivity index (χ2v) is 32.8. The van der Waals surface area contributed by atoms with Crippen molar-refractivity contribution in [2.75, 3.05) is 0 Å². The Balaban J connectivity index is 0.000000104. The summed E-state index contributed by atoms with van der Waals surface area (Å²) in [6, 6.07) is 82.9. The number of benzene rings is 11. The molecule has 0 saturated carbocycles.